The van der Waals surface area contributed by atoms with Crippen LogP contribution >= 0.6 is 0 Å². The molecule has 710 valence electrons. The number of hydrogen-bond acceptors (Lipinski definition) is 0. The molecule has 0 bridgehead atoms. The second kappa shape index (κ2) is 36.5. The van der Waals surface area contributed by atoms with Gasteiger partial charge in [-0.15, -0.1) is 0 Å². The highest BCUT2D eigenvalue weighted by molar-refractivity contribution is 6.12. The van der Waals surface area contributed by atoms with Gasteiger partial charge in [0, 0.05) is 37.9 Å². The molecule has 0 heterocycles. The average molecular weight is 1840 g/mol. The largest absolute Gasteiger partial charge is 0.0654 e. The summed E-state index contributed by atoms with van der Waals surface area (Å²) in [5, 5.41) is 5.27. The van der Waals surface area contributed by atoms with E-state index in [4.69, 9.17) is 0 Å². The minimum absolute atomic E-state index is 0.0487. The van der Waals surface area contributed by atoms with Crippen molar-refractivity contribution >= 4 is 21.5 Å². The van der Waals surface area contributed by atoms with Crippen molar-refractivity contribution in [3.8, 4) is 145 Å². The van der Waals surface area contributed by atoms with Crippen LogP contribution in [-0.2, 0) is 37.9 Å². The summed E-state index contributed by atoms with van der Waals surface area (Å²) in [7, 11) is 0. The topological polar surface area (TPSA) is 0 Å². The van der Waals surface area contributed by atoms with Crippen molar-refractivity contribution in [3.63, 3.8) is 0 Å². The van der Waals surface area contributed by atoms with Gasteiger partial charge in [0.05, 0.1) is 0 Å². The minimum atomic E-state index is -0.261. The fourth-order valence-corrected chi connectivity index (χ4v) is 28.7. The fourth-order valence-electron chi connectivity index (χ4n) is 28.7. The van der Waals surface area contributed by atoms with Crippen LogP contribution < -0.4 is 0 Å². The first-order chi connectivity index (χ1) is 68.5. The van der Waals surface area contributed by atoms with E-state index >= 15 is 0 Å². The molecular weight excluding hydrogens is 1690 g/mol. The highest BCUT2D eigenvalue weighted by Crippen LogP contribution is 2.65. The van der Waals surface area contributed by atoms with Crippen LogP contribution in [0.15, 0.2) is 291 Å². The second-order valence-electron chi connectivity index (χ2n) is 46.8. The van der Waals surface area contributed by atoms with Crippen molar-refractivity contribution in [2.45, 2.75) is 315 Å². The second-order valence-corrected chi connectivity index (χ2v) is 46.8. The number of hydrogen-bond donors (Lipinski definition) is 0. The first-order valence-corrected chi connectivity index (χ1v) is 55.3. The van der Waals surface area contributed by atoms with Gasteiger partial charge in [0.25, 0.3) is 0 Å². The molecule has 7 aliphatic carbocycles. The van der Waals surface area contributed by atoms with E-state index in [1.807, 2.05) is 0 Å². The Kier molecular flexibility index (Phi) is 24.0. The molecule has 0 saturated carbocycles. The smallest absolute Gasteiger partial charge is 0.0215 e. The first kappa shape index (κ1) is 92.7. The maximum atomic E-state index is 2.65. The maximum absolute atomic E-state index is 2.65. The van der Waals surface area contributed by atoms with Gasteiger partial charge >= 0.3 is 0 Å². The third-order valence-electron chi connectivity index (χ3n) is 36.7. The van der Waals surface area contributed by atoms with Crippen LogP contribution in [0.2, 0.25) is 0 Å². The van der Waals surface area contributed by atoms with Gasteiger partial charge in [-0.3, -0.25) is 0 Å². The lowest BCUT2D eigenvalue weighted by Crippen LogP contribution is -2.25. The molecule has 0 amide bonds. The SMILES string of the molecule is CCCCCCCCC1(CCCCCCCC)c2ccccc2-c2ccc(-c3ccc4c(c3)C(C)(C)c3cc(-c5ccc(-c6cc7c(c8ccccc68)-c6cc8c(cc6C7(C)C)-c6cc7c(cc6C8(C)C)-c6c(cc(-c8ccc(-c9ccc%10c(c9)C(C)(C)c9cc(-c%11ccc%12c(c%11)C(CCCCCCCC)(CCCCCCCC)c%11ccccc%11-%12)ccc9-%10)cc8)c8ccccc68)C7(C)C)cc5)ccc3-4)cc21. The van der Waals surface area contributed by atoms with Crippen LogP contribution in [0, 0.1) is 0 Å². The van der Waals surface area contributed by atoms with E-state index in [-0.39, 0.29) is 37.9 Å². The molecule has 0 nitrogen and oxygen atoms in total. The van der Waals surface area contributed by atoms with Gasteiger partial charge in [-0.2, -0.15) is 0 Å². The minimum Gasteiger partial charge on any atom is -0.0654 e. The van der Waals surface area contributed by atoms with Crippen molar-refractivity contribution in [3.05, 3.63) is 369 Å². The van der Waals surface area contributed by atoms with Crippen LogP contribution in [-0.4, -0.2) is 0 Å². The Hall–Kier alpha value is -12.0. The van der Waals surface area contributed by atoms with E-state index < -0.39 is 0 Å². The normalized spacial score (nSPS) is 15.8. The monoisotopic (exact) mass is 1840 g/mol. The van der Waals surface area contributed by atoms with E-state index in [0.717, 1.165) is 0 Å². The fraction of sp³-hybridized carbons (Fsp3) is 0.348. The van der Waals surface area contributed by atoms with Gasteiger partial charge in [0.15, 0.2) is 0 Å². The molecule has 0 aliphatic heterocycles. The predicted octanol–water partition coefficient (Wildman–Crippen LogP) is 41.1. The van der Waals surface area contributed by atoms with Gasteiger partial charge in [0.1, 0.15) is 0 Å². The number of rotatable bonds is 34. The van der Waals surface area contributed by atoms with Crippen LogP contribution in [0.1, 0.15) is 355 Å². The lowest BCUT2D eigenvalue weighted by molar-refractivity contribution is 0.398. The van der Waals surface area contributed by atoms with Gasteiger partial charge < -0.3 is 0 Å². The van der Waals surface area contributed by atoms with Gasteiger partial charge in [-0.1, -0.05) is 469 Å². The van der Waals surface area contributed by atoms with E-state index in [9.17, 15) is 0 Å². The molecule has 0 fully saturated rings. The van der Waals surface area contributed by atoms with Crippen LogP contribution in [0.25, 0.3) is 166 Å². The molecule has 0 N–H and O–H groups in total. The molecular formula is C141H146. The summed E-state index contributed by atoms with van der Waals surface area (Å²) in [4.78, 5) is 0. The molecule has 16 aromatic rings. The molecule has 0 heteroatoms. The Balaban J connectivity index is 0.503. The molecule has 0 spiro atoms. The van der Waals surface area contributed by atoms with Crippen molar-refractivity contribution in [2.24, 2.45) is 0 Å². The number of unbranched alkanes of at least 4 members (excludes halogenated alkanes) is 20. The summed E-state index contributed by atoms with van der Waals surface area (Å²) < 4.78 is 0. The van der Waals surface area contributed by atoms with Crippen LogP contribution in [0.4, 0.5) is 0 Å². The van der Waals surface area contributed by atoms with Crippen molar-refractivity contribution in [2.75, 3.05) is 0 Å². The quantitative estimate of drug-likeness (QED) is 0.0353. The van der Waals surface area contributed by atoms with Crippen LogP contribution in [0.5, 0.6) is 0 Å². The Morgan fingerprint density at radius 2 is 0.348 bits per heavy atom. The molecule has 16 aromatic carbocycles. The molecule has 0 unspecified atom stereocenters. The third kappa shape index (κ3) is 15.2. The Bertz CT molecular complexity index is 7120. The average Bonchev–Trinajstić information content (AvgIpc) is 1.52. The number of benzene rings is 16. The number of fused-ring (bicyclic) bond motifs is 25. The standard InChI is InChI=1S/C141H146/c1-15-19-23-27-31-43-75-140(76-44-32-28-24-20-16-2)119-53-41-39-49-103(119)109-73-67-99(83-129(109)140)97-65-71-107-105-69-63-95(79-121(105)135(5,6)123(107)81-97)91-55-59-93(60-56-91)113-85-131-133(111-51-37-35-47-101(111)113)117-89-125-115(87-127(117)138(131,11)12)116-88-128-118(90-126(116)137(125,9)10)134-112-52-38-36-48-102(112)114(86-132(134)139(128,13)14)94-61-57-92(58-62-94)96-64-70-106-108-72-66-98(82-124(108)136(7,8)122(106)80-96)100-68-74-110-104-50-40-42-54-120(104)141(130(110)84-100,77-45-33-29-25-21-17-3)78-46-34-30-26-22-18-4/h35-42,47-74,79-90H,15-34,43-46,75-78H2,1-14H3. The lowest BCUT2D eigenvalue weighted by Gasteiger charge is -2.33. The van der Waals surface area contributed by atoms with Crippen molar-refractivity contribution in [1.29, 1.82) is 0 Å². The molecule has 7 aliphatic rings. The van der Waals surface area contributed by atoms with Crippen LogP contribution in [0.3, 0.4) is 0 Å². The zero-order chi connectivity index (χ0) is 96.6. The van der Waals surface area contributed by atoms with Crippen molar-refractivity contribution in [1.82, 2.24) is 0 Å². The zero-order valence-electron chi connectivity index (χ0n) is 87.0. The summed E-state index contributed by atoms with van der Waals surface area (Å²) in [6, 6.07) is 117. The van der Waals surface area contributed by atoms with E-state index in [0.29, 0.717) is 0 Å². The Morgan fingerprint density at radius 1 is 0.142 bits per heavy atom. The summed E-state index contributed by atoms with van der Waals surface area (Å²) in [5.74, 6) is 0. The van der Waals surface area contributed by atoms with E-state index in [2.05, 4.69) is 388 Å². The highest BCUT2D eigenvalue weighted by atomic mass is 14.5. The van der Waals surface area contributed by atoms with Gasteiger partial charge in [0.2, 0.25) is 0 Å². The summed E-state index contributed by atoms with van der Waals surface area (Å²) in [6.45, 7) is 34.2. The Morgan fingerprint density at radius 3 is 0.660 bits per heavy atom. The molecule has 23 rings (SSSR count). The van der Waals surface area contributed by atoms with E-state index in [1.54, 1.807) is 22.3 Å². The van der Waals surface area contributed by atoms with E-state index in [1.165, 1.54) is 402 Å². The Labute approximate surface area is 843 Å². The van der Waals surface area contributed by atoms with Gasteiger partial charge in [-0.25, -0.2) is 0 Å². The van der Waals surface area contributed by atoms with Gasteiger partial charge in [-0.05, 0) is 343 Å². The molecule has 0 saturated heterocycles. The summed E-state index contributed by atoms with van der Waals surface area (Å²) >= 11 is 0. The van der Waals surface area contributed by atoms with Crippen molar-refractivity contribution < 1.29 is 0 Å². The summed E-state index contributed by atoms with van der Waals surface area (Å²) in [5.41, 5.74) is 54.6. The first-order valence-electron chi connectivity index (χ1n) is 55.3. The zero-order valence-corrected chi connectivity index (χ0v) is 87.0. The highest BCUT2D eigenvalue weighted by Gasteiger charge is 2.49. The third-order valence-corrected chi connectivity index (χ3v) is 36.7. The lowest BCUT2D eigenvalue weighted by atomic mass is 9.70. The molecule has 0 radical (unpaired) electrons. The molecule has 0 aromatic heterocycles. The summed E-state index contributed by atoms with van der Waals surface area (Å²) in [6.07, 6.45) is 36.8. The predicted molar refractivity (Wildman–Crippen MR) is 606 cm³/mol. The maximum Gasteiger partial charge on any atom is 0.0215 e. The molecule has 0 atom stereocenters. The molecule has 141 heavy (non-hydrogen) atoms.